The molecule has 0 aromatic heterocycles. The van der Waals surface area contributed by atoms with Gasteiger partial charge in [0, 0.05) is 48.0 Å². The van der Waals surface area contributed by atoms with Gasteiger partial charge in [0.05, 0.1) is 51.5 Å². The number of amides is 2. The van der Waals surface area contributed by atoms with Crippen LogP contribution in [0, 0.1) is 34.5 Å². The number of nitrogens with zero attached hydrogens (tertiary/aromatic N) is 2. The zero-order valence-corrected chi connectivity index (χ0v) is 49.3. The number of allylic oxidation sites excluding steroid dienone is 4. The highest BCUT2D eigenvalue weighted by molar-refractivity contribution is 7.46. The Kier molecular flexibility index (Phi) is 21.3. The SMILES string of the molecule is C[C@]12C=CC(=O)C=C1CC[C@@H]1[C@@H]2[C@@H](O)C[C@@]2(C)[C@H]1C[C@H]1O[C@@H](C3CCCCC3)O[C@]12C(=O)COC(=O)CNC(=O)N1CC[N+](C)(Cc2cc(C(O)CNCCCCCCOCCCCc3ccccc3)ccc2OP(=O)(O)O)CC1.[Cl-]. The maximum Gasteiger partial charge on any atom is 0.524 e. The van der Waals surface area contributed by atoms with E-state index in [0.29, 0.717) is 61.3 Å². The summed E-state index contributed by atoms with van der Waals surface area (Å²) in [4.78, 5) is 75.4. The van der Waals surface area contributed by atoms with Crippen LogP contribution in [0.15, 0.2) is 72.3 Å². The van der Waals surface area contributed by atoms with Gasteiger partial charge in [0.2, 0.25) is 5.78 Å². The average molecular weight is 1170 g/mol. The van der Waals surface area contributed by atoms with Gasteiger partial charge in [0.15, 0.2) is 24.3 Å². The predicted octanol–water partition coefficient (Wildman–Crippen LogP) is 4.42. The molecule has 2 amide bonds. The number of ketones is 2. The molecule has 2 saturated heterocycles. The van der Waals surface area contributed by atoms with Crippen LogP contribution in [0.25, 0.3) is 0 Å². The molecule has 448 valence electrons. The van der Waals surface area contributed by atoms with Crippen molar-refractivity contribution in [2.75, 3.05) is 72.7 Å². The second-order valence-electron chi connectivity index (χ2n) is 24.8. The monoisotopic (exact) mass is 1170 g/mol. The predicted molar refractivity (Wildman–Crippen MR) is 299 cm³/mol. The molecule has 7 aliphatic rings. The molecule has 2 aromatic carbocycles. The molecule has 0 bridgehead atoms. The van der Waals surface area contributed by atoms with Gasteiger partial charge in [-0.05, 0) is 124 Å². The third-order valence-corrected chi connectivity index (χ3v) is 19.8. The number of aliphatic hydroxyl groups is 2. The van der Waals surface area contributed by atoms with Gasteiger partial charge in [-0.15, -0.1) is 0 Å². The van der Waals surface area contributed by atoms with Crippen molar-refractivity contribution in [3.8, 4) is 5.75 Å². The van der Waals surface area contributed by atoms with E-state index >= 15 is 0 Å². The summed E-state index contributed by atoms with van der Waals surface area (Å²) < 4.78 is 42.9. The normalized spacial score (nSPS) is 30.0. The number of halogens is 1. The summed E-state index contributed by atoms with van der Waals surface area (Å²) >= 11 is 0. The summed E-state index contributed by atoms with van der Waals surface area (Å²) in [5.74, 6) is -1.23. The van der Waals surface area contributed by atoms with Crippen molar-refractivity contribution in [2.45, 2.75) is 153 Å². The summed E-state index contributed by atoms with van der Waals surface area (Å²) in [5, 5.41) is 29.4. The van der Waals surface area contributed by atoms with Crippen molar-refractivity contribution in [3.05, 3.63) is 89.0 Å². The van der Waals surface area contributed by atoms with Crippen molar-refractivity contribution < 1.29 is 84.1 Å². The molecule has 4 saturated carbocycles. The van der Waals surface area contributed by atoms with Gasteiger partial charge >= 0.3 is 19.8 Å². The number of carbonyl (C=O) groups excluding carboxylic acids is 4. The van der Waals surface area contributed by atoms with Crippen molar-refractivity contribution in [3.63, 3.8) is 0 Å². The first-order valence-electron chi connectivity index (χ1n) is 29.7. The maximum atomic E-state index is 14.9. The van der Waals surface area contributed by atoms with Crippen LogP contribution in [0.2, 0.25) is 0 Å². The average Bonchev–Trinajstić information content (AvgIpc) is 3.80. The van der Waals surface area contributed by atoms with Gasteiger partial charge < -0.3 is 66.1 Å². The molecule has 81 heavy (non-hydrogen) atoms. The fraction of sp³-hybridized carbons (Fsp3) is 0.672. The quantitative estimate of drug-likeness (QED) is 0.0349. The standard InChI is InChI=1S/C61H87N4O14P.ClH/c1-59-26-25-47(66)35-46(59)22-23-48-49-36-54-61(60(49,2)37-50(67)56(48)59,78-57(77-54)43-19-10-7-11-20-43)53(69)41-76-55(70)39-63-58(71)64-28-30-65(3,31-29-64)40-45-34-44(21-24-52(45)79-80(72,73)74)51(68)38-62-27-13-4-5-14-32-75-33-15-12-18-42-16-8-6-9-17-42;/h6,8-9,16-17,21,24-26,34-35,43,48-51,54,56-57,62,67-68H,4-5,7,10-15,18-20,22-23,27-33,36-41H2,1-3H3,(H2-,63,71,72,73,74);1H/t48-,49-,50-,51?,54+,56+,57+,59-,60-,61+;/m0./s1. The number of likely N-dealkylation sites (N-methyl/N-ethyl adjacent to an activating group) is 1. The number of benzene rings is 2. The number of quaternary nitrogens is 1. The molecule has 5 aliphatic carbocycles. The second-order valence-corrected chi connectivity index (χ2v) is 25.9. The van der Waals surface area contributed by atoms with Crippen LogP contribution in [-0.2, 0) is 50.9 Å². The Bertz CT molecular complexity index is 2610. The Balaban J connectivity index is 0.00000860. The lowest BCUT2D eigenvalue weighted by Gasteiger charge is -2.59. The summed E-state index contributed by atoms with van der Waals surface area (Å²) in [7, 11) is -2.93. The molecule has 10 atom stereocenters. The van der Waals surface area contributed by atoms with Crippen LogP contribution in [0.4, 0.5) is 4.79 Å². The third-order valence-electron chi connectivity index (χ3n) is 19.4. The Labute approximate surface area is 484 Å². The highest BCUT2D eigenvalue weighted by Crippen LogP contribution is 2.70. The van der Waals surface area contributed by atoms with E-state index in [1.54, 1.807) is 29.2 Å². The van der Waals surface area contributed by atoms with Crippen molar-refractivity contribution in [2.24, 2.45) is 34.5 Å². The first kappa shape index (κ1) is 63.0. The summed E-state index contributed by atoms with van der Waals surface area (Å²) in [6.07, 6.45) is 17.2. The number of ether oxygens (including phenoxy) is 4. The zero-order valence-electron chi connectivity index (χ0n) is 47.7. The largest absolute Gasteiger partial charge is 1.00 e. The minimum Gasteiger partial charge on any atom is -1.00 e. The lowest BCUT2D eigenvalue weighted by Crippen LogP contribution is -3.00. The van der Waals surface area contributed by atoms with E-state index in [1.165, 1.54) is 11.6 Å². The van der Waals surface area contributed by atoms with Crippen molar-refractivity contribution in [1.29, 1.82) is 0 Å². The number of phosphoric ester groups is 1. The minimum atomic E-state index is -4.91. The van der Waals surface area contributed by atoms with Crippen LogP contribution in [0.1, 0.15) is 133 Å². The molecular weight excluding hydrogens is 1080 g/mol. The van der Waals surface area contributed by atoms with Gasteiger partial charge in [-0.2, -0.15) is 0 Å². The van der Waals surface area contributed by atoms with E-state index in [9.17, 15) is 43.7 Å². The van der Waals surface area contributed by atoms with Crippen LogP contribution >= 0.6 is 7.82 Å². The molecule has 2 heterocycles. The number of carbonyl (C=O) groups is 4. The number of esters is 1. The Morgan fingerprint density at radius 2 is 1.68 bits per heavy atom. The number of fused-ring (bicyclic) bond motifs is 7. The second kappa shape index (κ2) is 27.3. The fourth-order valence-corrected chi connectivity index (χ4v) is 15.5. The molecule has 2 aliphatic heterocycles. The number of aryl methyl sites for hydroxylation is 1. The number of hydrogen-bond acceptors (Lipinski definition) is 13. The molecule has 6 N–H and O–H groups in total. The lowest BCUT2D eigenvalue weighted by atomic mass is 9.46. The molecule has 18 nitrogen and oxygen atoms in total. The number of nitrogens with one attached hydrogen (secondary N) is 2. The number of hydrogen-bond donors (Lipinski definition) is 6. The minimum absolute atomic E-state index is 0. The van der Waals surface area contributed by atoms with Gasteiger partial charge in [0.25, 0.3) is 0 Å². The molecule has 1 unspecified atom stereocenters. The van der Waals surface area contributed by atoms with Crippen molar-refractivity contribution >= 4 is 31.4 Å². The van der Waals surface area contributed by atoms with E-state index in [4.69, 9.17) is 23.5 Å². The molecule has 0 radical (unpaired) electrons. The number of phosphoric acid groups is 1. The zero-order chi connectivity index (χ0) is 56.7. The third kappa shape index (κ3) is 14.6. The van der Waals surface area contributed by atoms with E-state index < -0.39 is 79.8 Å². The van der Waals surface area contributed by atoms with E-state index in [2.05, 4.69) is 41.8 Å². The molecule has 2 aromatic rings. The highest BCUT2D eigenvalue weighted by Gasteiger charge is 2.76. The van der Waals surface area contributed by atoms with Crippen LogP contribution < -0.4 is 27.6 Å². The van der Waals surface area contributed by atoms with Gasteiger partial charge in [-0.1, -0.05) is 94.0 Å². The number of piperazine rings is 1. The Morgan fingerprint density at radius 3 is 2.42 bits per heavy atom. The first-order chi connectivity index (χ1) is 38.3. The summed E-state index contributed by atoms with van der Waals surface area (Å²) in [5.41, 5.74) is 0.711. The smallest absolute Gasteiger partial charge is 0.524 e. The summed E-state index contributed by atoms with van der Waals surface area (Å²) in [6, 6.07) is 14.8. The van der Waals surface area contributed by atoms with Gasteiger partial charge in [-0.25, -0.2) is 9.36 Å². The molecule has 0 spiro atoms. The van der Waals surface area contributed by atoms with Gasteiger partial charge in [0.1, 0.15) is 18.8 Å². The lowest BCUT2D eigenvalue weighted by molar-refractivity contribution is -0.926. The number of aliphatic hydroxyl groups excluding tert-OH is 2. The highest BCUT2D eigenvalue weighted by atomic mass is 35.5. The number of Topliss-reactive ketones (excluding diaryl/α,β-unsaturated/α-hetero) is 1. The van der Waals surface area contributed by atoms with Crippen LogP contribution in [0.5, 0.6) is 5.75 Å². The molecule has 9 rings (SSSR count). The Morgan fingerprint density at radius 1 is 0.951 bits per heavy atom. The summed E-state index contributed by atoms with van der Waals surface area (Å²) in [6.45, 7) is 7.52. The molecule has 20 heteroatoms. The van der Waals surface area contributed by atoms with Crippen LogP contribution in [0.3, 0.4) is 0 Å². The Hall–Kier alpha value is -4.04. The molecule has 6 fully saturated rings. The van der Waals surface area contributed by atoms with E-state index in [-0.39, 0.29) is 54.0 Å². The van der Waals surface area contributed by atoms with E-state index in [1.807, 2.05) is 26.1 Å². The first-order valence-corrected chi connectivity index (χ1v) is 31.2. The molecular formula is C61H88ClN4O14P. The number of rotatable bonds is 25. The maximum absolute atomic E-state index is 14.9. The number of urea groups is 1. The topological polar surface area (TPSA) is 240 Å². The van der Waals surface area contributed by atoms with E-state index in [0.717, 1.165) is 115 Å². The number of unbranched alkanes of at least 4 members (excludes halogenated alkanes) is 4. The van der Waals surface area contributed by atoms with Crippen LogP contribution in [-0.4, -0.2) is 150 Å². The fourth-order valence-electron chi connectivity index (χ4n) is 15.1. The van der Waals surface area contributed by atoms with Crippen molar-refractivity contribution in [1.82, 2.24) is 15.5 Å². The van der Waals surface area contributed by atoms with Gasteiger partial charge in [-0.3, -0.25) is 24.2 Å².